The fourth-order valence-electron chi connectivity index (χ4n) is 2.03. The summed E-state index contributed by atoms with van der Waals surface area (Å²) < 4.78 is 5.74. The molecular formula is C17H17N3OS. The van der Waals surface area contributed by atoms with E-state index in [4.69, 9.17) is 4.74 Å². The van der Waals surface area contributed by atoms with Gasteiger partial charge in [0.2, 0.25) is 5.13 Å². The van der Waals surface area contributed by atoms with Gasteiger partial charge >= 0.3 is 0 Å². The van der Waals surface area contributed by atoms with Crippen molar-refractivity contribution in [2.24, 2.45) is 0 Å². The average Bonchev–Trinajstić information content (AvgIpc) is 3.03. The second kappa shape index (κ2) is 7.04. The van der Waals surface area contributed by atoms with Crippen molar-refractivity contribution >= 4 is 16.5 Å². The van der Waals surface area contributed by atoms with Crippen LogP contribution < -0.4 is 10.1 Å². The second-order valence-electron chi connectivity index (χ2n) is 4.82. The quantitative estimate of drug-likeness (QED) is 0.699. The van der Waals surface area contributed by atoms with Crippen molar-refractivity contribution < 1.29 is 4.74 Å². The molecule has 0 fully saturated rings. The number of nitrogens with zero attached hydrogens (tertiary/aromatic N) is 2. The van der Waals surface area contributed by atoms with Gasteiger partial charge in [-0.25, -0.2) is 0 Å². The Hall–Kier alpha value is -2.40. The molecule has 1 aromatic heterocycles. The van der Waals surface area contributed by atoms with Crippen LogP contribution >= 0.6 is 11.3 Å². The van der Waals surface area contributed by atoms with Gasteiger partial charge in [0.1, 0.15) is 17.4 Å². The molecule has 5 heteroatoms. The molecule has 3 rings (SSSR count). The van der Waals surface area contributed by atoms with Crippen molar-refractivity contribution in [1.82, 2.24) is 10.2 Å². The van der Waals surface area contributed by atoms with Gasteiger partial charge in [0.15, 0.2) is 0 Å². The van der Waals surface area contributed by atoms with Crippen LogP contribution in [0.3, 0.4) is 0 Å². The minimum absolute atomic E-state index is 0.588. The van der Waals surface area contributed by atoms with Crippen molar-refractivity contribution in [3.05, 3.63) is 60.2 Å². The average molecular weight is 311 g/mol. The van der Waals surface area contributed by atoms with Crippen molar-refractivity contribution in [3.63, 3.8) is 0 Å². The topological polar surface area (TPSA) is 47.0 Å². The van der Waals surface area contributed by atoms with Crippen LogP contribution in [0.25, 0.3) is 10.6 Å². The molecule has 0 saturated heterocycles. The van der Waals surface area contributed by atoms with Crippen LogP contribution in [0.5, 0.6) is 5.75 Å². The molecule has 0 amide bonds. The summed E-state index contributed by atoms with van der Waals surface area (Å²) >= 11 is 1.55. The highest BCUT2D eigenvalue weighted by Crippen LogP contribution is 2.25. The number of rotatable bonds is 6. The van der Waals surface area contributed by atoms with Crippen LogP contribution in [0.2, 0.25) is 0 Å². The largest absolute Gasteiger partial charge is 0.491 e. The molecule has 0 saturated carbocycles. The molecule has 0 bridgehead atoms. The van der Waals surface area contributed by atoms with Crippen LogP contribution in [0.1, 0.15) is 5.56 Å². The summed E-state index contributed by atoms with van der Waals surface area (Å²) in [6, 6.07) is 18.1. The van der Waals surface area contributed by atoms with E-state index >= 15 is 0 Å². The second-order valence-corrected chi connectivity index (χ2v) is 5.80. The van der Waals surface area contributed by atoms with Crippen LogP contribution in [-0.2, 0) is 0 Å². The fraction of sp³-hybridized carbons (Fsp3) is 0.176. The van der Waals surface area contributed by atoms with Crippen LogP contribution in [0.15, 0.2) is 54.6 Å². The summed E-state index contributed by atoms with van der Waals surface area (Å²) in [5.74, 6) is 0.923. The van der Waals surface area contributed by atoms with Gasteiger partial charge in [-0.2, -0.15) is 0 Å². The zero-order valence-electron chi connectivity index (χ0n) is 12.3. The SMILES string of the molecule is Cc1ccccc1OCCNc1nnc(-c2ccccc2)s1. The predicted molar refractivity (Wildman–Crippen MR) is 90.5 cm³/mol. The molecule has 3 aromatic rings. The highest BCUT2D eigenvalue weighted by Gasteiger charge is 2.05. The molecule has 0 aliphatic heterocycles. The summed E-state index contributed by atoms with van der Waals surface area (Å²) in [6.07, 6.45) is 0. The van der Waals surface area contributed by atoms with Gasteiger partial charge in [0, 0.05) is 5.56 Å². The normalized spacial score (nSPS) is 10.4. The standard InChI is InChI=1S/C17H17N3OS/c1-13-7-5-6-10-15(13)21-12-11-18-17-20-19-16(22-17)14-8-3-2-4-9-14/h2-10H,11-12H2,1H3,(H,18,20). The highest BCUT2D eigenvalue weighted by atomic mass is 32.1. The fourth-order valence-corrected chi connectivity index (χ4v) is 2.80. The number of ether oxygens (including phenoxy) is 1. The molecule has 0 radical (unpaired) electrons. The highest BCUT2D eigenvalue weighted by molar-refractivity contribution is 7.18. The Bertz CT molecular complexity index is 728. The van der Waals surface area contributed by atoms with E-state index in [1.807, 2.05) is 61.5 Å². The Kier molecular flexibility index (Phi) is 4.65. The monoisotopic (exact) mass is 311 g/mol. The van der Waals surface area contributed by atoms with E-state index in [1.165, 1.54) is 0 Å². The Morgan fingerprint density at radius 1 is 1.00 bits per heavy atom. The molecule has 0 aliphatic carbocycles. The van der Waals surface area contributed by atoms with E-state index < -0.39 is 0 Å². The third kappa shape index (κ3) is 3.62. The third-order valence-electron chi connectivity index (χ3n) is 3.18. The lowest BCUT2D eigenvalue weighted by Crippen LogP contribution is -2.11. The number of benzene rings is 2. The van der Waals surface area contributed by atoms with Crippen LogP contribution in [-0.4, -0.2) is 23.3 Å². The first kappa shape index (κ1) is 14.5. The third-order valence-corrected chi connectivity index (χ3v) is 4.11. The summed E-state index contributed by atoms with van der Waals surface area (Å²) in [5.41, 5.74) is 2.23. The van der Waals surface area contributed by atoms with Gasteiger partial charge in [-0.3, -0.25) is 0 Å². The van der Waals surface area contributed by atoms with Gasteiger partial charge < -0.3 is 10.1 Å². The van der Waals surface area contributed by atoms with Crippen molar-refractivity contribution in [1.29, 1.82) is 0 Å². The number of hydrogen-bond donors (Lipinski definition) is 1. The molecule has 0 atom stereocenters. The molecule has 1 N–H and O–H groups in total. The summed E-state index contributed by atoms with van der Waals surface area (Å²) in [4.78, 5) is 0. The van der Waals surface area contributed by atoms with E-state index in [9.17, 15) is 0 Å². The number of nitrogens with one attached hydrogen (secondary N) is 1. The van der Waals surface area contributed by atoms with E-state index in [2.05, 4.69) is 15.5 Å². The number of aryl methyl sites for hydroxylation is 1. The van der Waals surface area contributed by atoms with Gasteiger partial charge in [-0.15, -0.1) is 10.2 Å². The van der Waals surface area contributed by atoms with E-state index in [0.717, 1.165) is 27.0 Å². The molecule has 2 aromatic carbocycles. The number of anilines is 1. The van der Waals surface area contributed by atoms with E-state index in [-0.39, 0.29) is 0 Å². The van der Waals surface area contributed by atoms with Gasteiger partial charge in [0.05, 0.1) is 6.54 Å². The van der Waals surface area contributed by atoms with Gasteiger partial charge in [0.25, 0.3) is 0 Å². The van der Waals surface area contributed by atoms with Gasteiger partial charge in [-0.1, -0.05) is 59.9 Å². The molecule has 22 heavy (non-hydrogen) atoms. The van der Waals surface area contributed by atoms with Crippen molar-refractivity contribution in [2.75, 3.05) is 18.5 Å². The predicted octanol–water partition coefficient (Wildman–Crippen LogP) is 4.00. The Balaban J connectivity index is 1.51. The van der Waals surface area contributed by atoms with Gasteiger partial charge in [-0.05, 0) is 18.6 Å². The summed E-state index contributed by atoms with van der Waals surface area (Å²) in [5, 5.41) is 13.3. The first-order valence-electron chi connectivity index (χ1n) is 7.14. The molecular weight excluding hydrogens is 294 g/mol. The lowest BCUT2D eigenvalue weighted by molar-refractivity contribution is 0.330. The smallest absolute Gasteiger partial charge is 0.206 e. The molecule has 1 heterocycles. The molecule has 112 valence electrons. The maximum absolute atomic E-state index is 5.74. The maximum atomic E-state index is 5.74. The van der Waals surface area contributed by atoms with Crippen molar-refractivity contribution in [2.45, 2.75) is 6.92 Å². The summed E-state index contributed by atoms with van der Waals surface area (Å²) in [7, 11) is 0. The van der Waals surface area contributed by atoms with E-state index in [1.54, 1.807) is 11.3 Å². The maximum Gasteiger partial charge on any atom is 0.206 e. The van der Waals surface area contributed by atoms with Crippen LogP contribution in [0.4, 0.5) is 5.13 Å². The summed E-state index contributed by atoms with van der Waals surface area (Å²) in [6.45, 7) is 3.32. The van der Waals surface area contributed by atoms with Crippen molar-refractivity contribution in [3.8, 4) is 16.3 Å². The minimum Gasteiger partial charge on any atom is -0.491 e. The number of aromatic nitrogens is 2. The Morgan fingerprint density at radius 3 is 2.59 bits per heavy atom. The molecule has 0 unspecified atom stereocenters. The first-order chi connectivity index (χ1) is 10.8. The molecule has 0 spiro atoms. The Morgan fingerprint density at radius 2 is 1.77 bits per heavy atom. The molecule has 0 aliphatic rings. The first-order valence-corrected chi connectivity index (χ1v) is 7.96. The number of para-hydroxylation sites is 1. The van der Waals surface area contributed by atoms with E-state index in [0.29, 0.717) is 13.2 Å². The zero-order chi connectivity index (χ0) is 15.2. The number of hydrogen-bond acceptors (Lipinski definition) is 5. The minimum atomic E-state index is 0.588. The molecule has 4 nitrogen and oxygen atoms in total. The Labute approximate surface area is 133 Å². The lowest BCUT2D eigenvalue weighted by atomic mass is 10.2. The zero-order valence-corrected chi connectivity index (χ0v) is 13.1. The lowest BCUT2D eigenvalue weighted by Gasteiger charge is -2.08. The van der Waals surface area contributed by atoms with Crippen LogP contribution in [0, 0.1) is 6.92 Å².